The van der Waals surface area contributed by atoms with Crippen molar-refractivity contribution >= 4 is 5.91 Å². The number of amides is 1. The summed E-state index contributed by atoms with van der Waals surface area (Å²) in [6, 6.07) is 7.82. The lowest BCUT2D eigenvalue weighted by atomic mass is 9.89. The molecule has 0 bridgehead atoms. The maximum Gasteiger partial charge on any atom is 0.296 e. The van der Waals surface area contributed by atoms with Crippen molar-refractivity contribution in [2.24, 2.45) is 0 Å². The number of ether oxygens (including phenoxy) is 2. The summed E-state index contributed by atoms with van der Waals surface area (Å²) in [6.07, 6.45) is 0.675. The van der Waals surface area contributed by atoms with Crippen molar-refractivity contribution in [3.05, 3.63) is 29.8 Å². The Morgan fingerprint density at radius 3 is 3.05 bits per heavy atom. The van der Waals surface area contributed by atoms with Gasteiger partial charge >= 0.3 is 0 Å². The maximum absolute atomic E-state index is 11.7. The smallest absolute Gasteiger partial charge is 0.296 e. The minimum atomic E-state index is -0.552. The number of nitrogens with one attached hydrogen (secondary N) is 1. The van der Waals surface area contributed by atoms with E-state index in [1.165, 1.54) is 0 Å². The second-order valence-electron chi connectivity index (χ2n) is 4.62. The molecule has 1 unspecified atom stereocenters. The van der Waals surface area contributed by atoms with Crippen LogP contribution in [0.15, 0.2) is 24.3 Å². The van der Waals surface area contributed by atoms with Crippen molar-refractivity contribution in [3.8, 4) is 17.6 Å². The molecular formula is C15H17NO3. The topological polar surface area (TPSA) is 47.6 Å². The Morgan fingerprint density at radius 1 is 1.53 bits per heavy atom. The van der Waals surface area contributed by atoms with Gasteiger partial charge in [0, 0.05) is 13.5 Å². The first-order valence-electron chi connectivity index (χ1n) is 6.14. The Balaban J connectivity index is 2.22. The summed E-state index contributed by atoms with van der Waals surface area (Å²) >= 11 is 0. The second kappa shape index (κ2) is 5.77. The highest BCUT2D eigenvalue weighted by Crippen LogP contribution is 2.29. The predicted molar refractivity (Wildman–Crippen MR) is 71.8 cm³/mol. The average molecular weight is 259 g/mol. The first kappa shape index (κ1) is 13.4. The number of fused-ring (bicyclic) bond motifs is 1. The Morgan fingerprint density at radius 2 is 2.32 bits per heavy atom. The van der Waals surface area contributed by atoms with E-state index in [0.29, 0.717) is 19.6 Å². The molecule has 0 aromatic heterocycles. The van der Waals surface area contributed by atoms with Gasteiger partial charge in [0.1, 0.15) is 17.9 Å². The fourth-order valence-electron chi connectivity index (χ4n) is 2.29. The van der Waals surface area contributed by atoms with Crippen LogP contribution >= 0.6 is 0 Å². The fraction of sp³-hybridized carbons (Fsp3) is 0.400. The van der Waals surface area contributed by atoms with E-state index in [2.05, 4.69) is 17.2 Å². The Bertz CT molecular complexity index is 530. The van der Waals surface area contributed by atoms with Gasteiger partial charge in [-0.2, -0.15) is 0 Å². The monoisotopic (exact) mass is 259 g/mol. The molecule has 2 rings (SSSR count). The lowest BCUT2D eigenvalue weighted by Gasteiger charge is -2.37. The number of methoxy groups -OCH3 is 1. The van der Waals surface area contributed by atoms with Crippen LogP contribution in [0.4, 0.5) is 0 Å². The van der Waals surface area contributed by atoms with E-state index >= 15 is 0 Å². The number of carbonyl (C=O) groups excluding carboxylic acids is 1. The molecular weight excluding hydrogens is 242 g/mol. The van der Waals surface area contributed by atoms with Gasteiger partial charge in [-0.05, 0) is 24.5 Å². The predicted octanol–water partition coefficient (Wildman–Crippen LogP) is 1.15. The average Bonchev–Trinajstić information content (AvgIpc) is 2.39. The lowest BCUT2D eigenvalue weighted by Crippen LogP contribution is -2.58. The number of benzene rings is 1. The minimum Gasteiger partial charge on any atom is -0.491 e. The van der Waals surface area contributed by atoms with Crippen molar-refractivity contribution in [2.75, 3.05) is 20.3 Å². The van der Waals surface area contributed by atoms with E-state index in [-0.39, 0.29) is 5.91 Å². The molecule has 100 valence electrons. The highest BCUT2D eigenvalue weighted by atomic mass is 16.5. The Labute approximate surface area is 113 Å². The summed E-state index contributed by atoms with van der Waals surface area (Å²) in [7, 11) is 1.61. The number of hydrogen-bond donors (Lipinski definition) is 1. The van der Waals surface area contributed by atoms with Gasteiger partial charge in [0.25, 0.3) is 5.91 Å². The summed E-state index contributed by atoms with van der Waals surface area (Å²) in [5.74, 6) is 5.64. The van der Waals surface area contributed by atoms with E-state index in [1.807, 2.05) is 24.3 Å². The van der Waals surface area contributed by atoms with Crippen LogP contribution in [0.1, 0.15) is 12.5 Å². The SMILES string of the molecule is CC#CC(=O)NC1(COC)COc2ccccc2C1. The molecule has 1 heterocycles. The molecule has 1 aromatic rings. The quantitative estimate of drug-likeness (QED) is 0.828. The van der Waals surface area contributed by atoms with Crippen LogP contribution in [-0.2, 0) is 16.0 Å². The first-order chi connectivity index (χ1) is 9.19. The van der Waals surface area contributed by atoms with Gasteiger partial charge in [0.05, 0.1) is 6.61 Å². The maximum atomic E-state index is 11.7. The molecule has 19 heavy (non-hydrogen) atoms. The van der Waals surface area contributed by atoms with Gasteiger partial charge in [-0.15, -0.1) is 0 Å². The molecule has 1 aliphatic rings. The lowest BCUT2D eigenvalue weighted by molar-refractivity contribution is -0.119. The van der Waals surface area contributed by atoms with Crippen LogP contribution in [-0.4, -0.2) is 31.8 Å². The van der Waals surface area contributed by atoms with Crippen molar-refractivity contribution in [1.82, 2.24) is 5.32 Å². The first-order valence-corrected chi connectivity index (χ1v) is 6.14. The van der Waals surface area contributed by atoms with Crippen LogP contribution < -0.4 is 10.1 Å². The molecule has 0 aliphatic carbocycles. The summed E-state index contributed by atoms with van der Waals surface area (Å²) in [6.45, 7) is 2.41. The van der Waals surface area contributed by atoms with Crippen molar-refractivity contribution in [2.45, 2.75) is 18.9 Å². The Hall–Kier alpha value is -1.99. The molecule has 1 atom stereocenters. The standard InChI is InChI=1S/C15H17NO3/c1-3-6-14(17)16-15(10-18-2)9-12-7-4-5-8-13(12)19-11-15/h4-5,7-8H,9-11H2,1-2H3,(H,16,17). The summed E-state index contributed by atoms with van der Waals surface area (Å²) in [5.41, 5.74) is 0.514. The summed E-state index contributed by atoms with van der Waals surface area (Å²) < 4.78 is 11.0. The number of carbonyl (C=O) groups is 1. The third kappa shape index (κ3) is 3.07. The minimum absolute atomic E-state index is 0.303. The second-order valence-corrected chi connectivity index (χ2v) is 4.62. The van der Waals surface area contributed by atoms with Crippen LogP contribution in [0.25, 0.3) is 0 Å². The van der Waals surface area contributed by atoms with E-state index in [4.69, 9.17) is 9.47 Å². The van der Waals surface area contributed by atoms with E-state index < -0.39 is 5.54 Å². The van der Waals surface area contributed by atoms with Gasteiger partial charge in [-0.3, -0.25) is 4.79 Å². The zero-order chi connectivity index (χ0) is 13.7. The summed E-state index contributed by atoms with van der Waals surface area (Å²) in [5, 5.41) is 2.91. The van der Waals surface area contributed by atoms with Crippen LogP contribution in [0.3, 0.4) is 0 Å². The number of rotatable bonds is 3. The molecule has 0 saturated carbocycles. The third-order valence-corrected chi connectivity index (χ3v) is 3.04. The highest BCUT2D eigenvalue weighted by Gasteiger charge is 2.37. The number of hydrogen-bond acceptors (Lipinski definition) is 3. The molecule has 4 heteroatoms. The van der Waals surface area contributed by atoms with Gasteiger partial charge in [0.2, 0.25) is 0 Å². The van der Waals surface area contributed by atoms with Gasteiger partial charge in [-0.25, -0.2) is 0 Å². The van der Waals surface area contributed by atoms with Crippen LogP contribution in [0.5, 0.6) is 5.75 Å². The molecule has 0 fully saturated rings. The van der Waals surface area contributed by atoms with Crippen molar-refractivity contribution in [1.29, 1.82) is 0 Å². The van der Waals surface area contributed by atoms with Gasteiger partial charge in [-0.1, -0.05) is 24.1 Å². The van der Waals surface area contributed by atoms with Crippen LogP contribution in [0.2, 0.25) is 0 Å². The normalized spacial score (nSPS) is 20.5. The fourth-order valence-corrected chi connectivity index (χ4v) is 2.29. The Kier molecular flexibility index (Phi) is 4.08. The summed E-state index contributed by atoms with van der Waals surface area (Å²) in [4.78, 5) is 11.7. The molecule has 0 spiro atoms. The molecule has 1 amide bonds. The third-order valence-electron chi connectivity index (χ3n) is 3.04. The van der Waals surface area contributed by atoms with Crippen molar-refractivity contribution < 1.29 is 14.3 Å². The van der Waals surface area contributed by atoms with Crippen LogP contribution in [0, 0.1) is 11.8 Å². The highest BCUT2D eigenvalue weighted by molar-refractivity contribution is 5.94. The van der Waals surface area contributed by atoms with E-state index in [0.717, 1.165) is 11.3 Å². The molecule has 0 saturated heterocycles. The number of para-hydroxylation sites is 1. The van der Waals surface area contributed by atoms with Gasteiger partial charge < -0.3 is 14.8 Å². The van der Waals surface area contributed by atoms with E-state index in [9.17, 15) is 4.79 Å². The largest absolute Gasteiger partial charge is 0.491 e. The molecule has 1 aromatic carbocycles. The molecule has 0 radical (unpaired) electrons. The zero-order valence-corrected chi connectivity index (χ0v) is 11.2. The molecule has 4 nitrogen and oxygen atoms in total. The van der Waals surface area contributed by atoms with E-state index in [1.54, 1.807) is 14.0 Å². The van der Waals surface area contributed by atoms with Crippen molar-refractivity contribution in [3.63, 3.8) is 0 Å². The van der Waals surface area contributed by atoms with Gasteiger partial charge in [0.15, 0.2) is 0 Å². The molecule has 1 aliphatic heterocycles. The zero-order valence-electron chi connectivity index (χ0n) is 11.2. The molecule has 1 N–H and O–H groups in total.